The SMILES string of the molecule is CCCc1ccc(C#Cc2ccc(C#Cc3ccc(CCC)cc3)s2)cc1. The Hall–Kier alpha value is -2.74. The van der Waals surface area contributed by atoms with E-state index >= 15 is 0 Å². The molecule has 0 unspecified atom stereocenters. The second-order valence-electron chi connectivity index (χ2n) is 6.56. The summed E-state index contributed by atoms with van der Waals surface area (Å²) < 4.78 is 0. The lowest BCUT2D eigenvalue weighted by atomic mass is 10.1. The summed E-state index contributed by atoms with van der Waals surface area (Å²) in [7, 11) is 0. The van der Waals surface area contributed by atoms with Crippen LogP contribution in [0, 0.1) is 23.7 Å². The van der Waals surface area contributed by atoms with Crippen LogP contribution in [0.15, 0.2) is 60.7 Å². The monoisotopic (exact) mass is 368 g/mol. The lowest BCUT2D eigenvalue weighted by Crippen LogP contribution is -1.82. The van der Waals surface area contributed by atoms with Crippen LogP contribution in [0.3, 0.4) is 0 Å². The number of aryl methyl sites for hydroxylation is 2. The summed E-state index contributed by atoms with van der Waals surface area (Å²) in [4.78, 5) is 2.10. The van der Waals surface area contributed by atoms with Crippen molar-refractivity contribution < 1.29 is 0 Å². The third-order valence-electron chi connectivity index (χ3n) is 4.25. The van der Waals surface area contributed by atoms with Crippen molar-refractivity contribution in [3.05, 3.63) is 92.7 Å². The van der Waals surface area contributed by atoms with Gasteiger partial charge in [0.15, 0.2) is 0 Å². The molecule has 2 aromatic carbocycles. The number of thiophene rings is 1. The first-order valence-electron chi connectivity index (χ1n) is 9.58. The van der Waals surface area contributed by atoms with Crippen molar-refractivity contribution in [1.29, 1.82) is 0 Å². The van der Waals surface area contributed by atoms with Gasteiger partial charge in [-0.2, -0.15) is 0 Å². The van der Waals surface area contributed by atoms with Gasteiger partial charge in [-0.05, 0) is 60.4 Å². The molecule has 1 aromatic heterocycles. The molecule has 0 fully saturated rings. The van der Waals surface area contributed by atoms with Crippen LogP contribution >= 0.6 is 11.3 Å². The standard InChI is InChI=1S/C26H24S/c1-3-5-21-7-11-23(12-8-21)15-17-25-19-20-26(27-25)18-16-24-13-9-22(6-4-2)10-14-24/h7-14,19-20H,3-6H2,1-2H3. The van der Waals surface area contributed by atoms with Gasteiger partial charge in [0.05, 0.1) is 9.75 Å². The van der Waals surface area contributed by atoms with E-state index in [4.69, 9.17) is 0 Å². The minimum Gasteiger partial charge on any atom is -0.118 e. The Morgan fingerprint density at radius 2 is 0.963 bits per heavy atom. The summed E-state index contributed by atoms with van der Waals surface area (Å²) in [6.45, 7) is 4.40. The average Bonchev–Trinajstić information content (AvgIpc) is 3.15. The van der Waals surface area contributed by atoms with Crippen molar-refractivity contribution in [3.63, 3.8) is 0 Å². The highest BCUT2D eigenvalue weighted by molar-refractivity contribution is 7.13. The van der Waals surface area contributed by atoms with Crippen LogP contribution in [0.25, 0.3) is 0 Å². The Balaban J connectivity index is 1.65. The second-order valence-corrected chi connectivity index (χ2v) is 7.64. The number of benzene rings is 2. The minimum absolute atomic E-state index is 1.05. The molecule has 0 aliphatic carbocycles. The normalized spacial score (nSPS) is 9.85. The summed E-state index contributed by atoms with van der Waals surface area (Å²) >= 11 is 1.65. The third kappa shape index (κ3) is 5.89. The average molecular weight is 369 g/mol. The molecule has 0 bridgehead atoms. The van der Waals surface area contributed by atoms with Crippen molar-refractivity contribution >= 4 is 11.3 Å². The Labute approximate surface area is 167 Å². The zero-order valence-corrected chi connectivity index (χ0v) is 16.8. The van der Waals surface area contributed by atoms with Crippen LogP contribution < -0.4 is 0 Å². The molecule has 0 saturated heterocycles. The van der Waals surface area contributed by atoms with Crippen molar-refractivity contribution in [3.8, 4) is 23.7 Å². The van der Waals surface area contributed by atoms with Gasteiger partial charge in [0, 0.05) is 11.1 Å². The first-order chi connectivity index (χ1) is 13.3. The van der Waals surface area contributed by atoms with Gasteiger partial charge in [-0.3, -0.25) is 0 Å². The highest BCUT2D eigenvalue weighted by Gasteiger charge is 1.96. The highest BCUT2D eigenvalue weighted by atomic mass is 32.1. The van der Waals surface area contributed by atoms with Crippen LogP contribution in [0.5, 0.6) is 0 Å². The molecule has 0 N–H and O–H groups in total. The highest BCUT2D eigenvalue weighted by Crippen LogP contribution is 2.15. The predicted octanol–water partition coefficient (Wildman–Crippen LogP) is 6.45. The molecule has 27 heavy (non-hydrogen) atoms. The molecule has 3 aromatic rings. The quantitative estimate of drug-likeness (QED) is 0.464. The lowest BCUT2D eigenvalue weighted by Gasteiger charge is -1.97. The first-order valence-corrected chi connectivity index (χ1v) is 10.4. The molecule has 0 spiro atoms. The molecule has 0 aliphatic heterocycles. The fraction of sp³-hybridized carbons (Fsp3) is 0.231. The Morgan fingerprint density at radius 1 is 0.556 bits per heavy atom. The topological polar surface area (TPSA) is 0 Å². The van der Waals surface area contributed by atoms with Gasteiger partial charge in [-0.1, -0.05) is 74.6 Å². The van der Waals surface area contributed by atoms with Gasteiger partial charge >= 0.3 is 0 Å². The van der Waals surface area contributed by atoms with E-state index in [0.29, 0.717) is 0 Å². The van der Waals surface area contributed by atoms with E-state index in [9.17, 15) is 0 Å². The van der Waals surface area contributed by atoms with Gasteiger partial charge in [0.2, 0.25) is 0 Å². The van der Waals surface area contributed by atoms with Crippen LogP contribution in [0.4, 0.5) is 0 Å². The summed E-state index contributed by atoms with van der Waals surface area (Å²) in [5.41, 5.74) is 4.87. The van der Waals surface area contributed by atoms with Crippen LogP contribution in [-0.4, -0.2) is 0 Å². The Morgan fingerprint density at radius 3 is 1.33 bits per heavy atom. The van der Waals surface area contributed by atoms with Gasteiger partial charge in [-0.25, -0.2) is 0 Å². The largest absolute Gasteiger partial charge is 0.118 e. The molecule has 0 atom stereocenters. The van der Waals surface area contributed by atoms with Gasteiger partial charge in [-0.15, -0.1) is 11.3 Å². The Kier molecular flexibility index (Phi) is 6.92. The molecule has 0 nitrogen and oxygen atoms in total. The van der Waals surface area contributed by atoms with Crippen LogP contribution in [0.1, 0.15) is 58.7 Å². The lowest BCUT2D eigenvalue weighted by molar-refractivity contribution is 0.922. The van der Waals surface area contributed by atoms with Crippen molar-refractivity contribution in [2.75, 3.05) is 0 Å². The molecular formula is C26H24S. The van der Waals surface area contributed by atoms with E-state index < -0.39 is 0 Å². The molecular weight excluding hydrogens is 344 g/mol. The zero-order chi connectivity index (χ0) is 18.9. The maximum atomic E-state index is 3.25. The summed E-state index contributed by atoms with van der Waals surface area (Å²) in [5.74, 6) is 13.0. The fourth-order valence-corrected chi connectivity index (χ4v) is 3.54. The number of hydrogen-bond acceptors (Lipinski definition) is 1. The molecule has 1 heteroatoms. The van der Waals surface area contributed by atoms with E-state index in [1.807, 2.05) is 0 Å². The number of rotatable bonds is 4. The van der Waals surface area contributed by atoms with Crippen molar-refractivity contribution in [2.24, 2.45) is 0 Å². The zero-order valence-electron chi connectivity index (χ0n) is 16.0. The van der Waals surface area contributed by atoms with E-state index in [0.717, 1.165) is 33.7 Å². The van der Waals surface area contributed by atoms with E-state index in [1.54, 1.807) is 11.3 Å². The maximum absolute atomic E-state index is 3.25. The maximum Gasteiger partial charge on any atom is 0.0785 e. The third-order valence-corrected chi connectivity index (χ3v) is 5.17. The predicted molar refractivity (Wildman–Crippen MR) is 117 cm³/mol. The van der Waals surface area contributed by atoms with E-state index in [-0.39, 0.29) is 0 Å². The minimum atomic E-state index is 1.05. The van der Waals surface area contributed by atoms with E-state index in [2.05, 4.69) is 98.2 Å². The van der Waals surface area contributed by atoms with Gasteiger partial charge < -0.3 is 0 Å². The molecule has 0 amide bonds. The summed E-state index contributed by atoms with van der Waals surface area (Å²) in [6.07, 6.45) is 4.60. The Bertz CT molecular complexity index is 899. The van der Waals surface area contributed by atoms with Crippen molar-refractivity contribution in [2.45, 2.75) is 39.5 Å². The summed E-state index contributed by atoms with van der Waals surface area (Å²) in [6, 6.07) is 21.2. The van der Waals surface area contributed by atoms with Crippen LogP contribution in [-0.2, 0) is 12.8 Å². The summed E-state index contributed by atoms with van der Waals surface area (Å²) in [5, 5.41) is 0. The second kappa shape index (κ2) is 9.82. The molecule has 0 saturated carbocycles. The fourth-order valence-electron chi connectivity index (χ4n) is 2.83. The smallest absolute Gasteiger partial charge is 0.0785 e. The first kappa shape index (κ1) is 19.0. The van der Waals surface area contributed by atoms with Crippen molar-refractivity contribution in [1.82, 2.24) is 0 Å². The molecule has 134 valence electrons. The number of hydrogen-bond donors (Lipinski definition) is 0. The van der Waals surface area contributed by atoms with E-state index in [1.165, 1.54) is 24.0 Å². The van der Waals surface area contributed by atoms with Gasteiger partial charge in [0.25, 0.3) is 0 Å². The molecule has 3 rings (SSSR count). The molecule has 0 radical (unpaired) electrons. The van der Waals surface area contributed by atoms with Gasteiger partial charge in [0.1, 0.15) is 0 Å². The molecule has 0 aliphatic rings. The molecule has 1 heterocycles. The van der Waals surface area contributed by atoms with Crippen LogP contribution in [0.2, 0.25) is 0 Å².